The van der Waals surface area contributed by atoms with Gasteiger partial charge in [-0.15, -0.1) is 0 Å². The lowest BCUT2D eigenvalue weighted by Gasteiger charge is -2.06. The Morgan fingerprint density at radius 2 is 0.833 bits per heavy atom. The molecular formula is C14H6Br2F8. The molecule has 2 aromatic rings. The summed E-state index contributed by atoms with van der Waals surface area (Å²) in [4.78, 5) is 0. The normalized spacial score (nSPS) is 11.8. The standard InChI is InChI=1S/2C7H3BrF4/c2*8-5-1-4(7(10,11)12)2-6(9)3-5/h2*1-3H. The minimum atomic E-state index is -4.50. The molecule has 10 heteroatoms. The van der Waals surface area contributed by atoms with E-state index in [1.54, 1.807) is 0 Å². The fourth-order valence-corrected chi connectivity index (χ4v) is 2.37. The number of hydrogen-bond donors (Lipinski definition) is 0. The van der Waals surface area contributed by atoms with E-state index in [-0.39, 0.29) is 8.95 Å². The van der Waals surface area contributed by atoms with Crippen LogP contribution in [0, 0.1) is 11.6 Å². The van der Waals surface area contributed by atoms with Gasteiger partial charge >= 0.3 is 12.4 Å². The summed E-state index contributed by atoms with van der Waals surface area (Å²) < 4.78 is 96.8. The molecule has 2 rings (SSSR count). The fraction of sp³-hybridized carbons (Fsp3) is 0.143. The third kappa shape index (κ3) is 6.76. The Kier molecular flexibility index (Phi) is 6.80. The Bertz CT molecular complexity index is 605. The van der Waals surface area contributed by atoms with Crippen molar-refractivity contribution < 1.29 is 35.1 Å². The molecule has 0 radical (unpaired) electrons. The highest BCUT2D eigenvalue weighted by Crippen LogP contribution is 2.32. The molecule has 2 aromatic carbocycles. The van der Waals surface area contributed by atoms with Gasteiger partial charge in [0.1, 0.15) is 11.6 Å². The van der Waals surface area contributed by atoms with Crippen molar-refractivity contribution in [1.82, 2.24) is 0 Å². The Labute approximate surface area is 147 Å². The van der Waals surface area contributed by atoms with Crippen LogP contribution in [0.3, 0.4) is 0 Å². The largest absolute Gasteiger partial charge is 0.416 e. The first kappa shape index (κ1) is 20.9. The van der Waals surface area contributed by atoms with Crippen LogP contribution in [0.5, 0.6) is 0 Å². The van der Waals surface area contributed by atoms with Gasteiger partial charge < -0.3 is 0 Å². The zero-order valence-electron chi connectivity index (χ0n) is 11.2. The average Bonchev–Trinajstić information content (AvgIpc) is 2.35. The lowest BCUT2D eigenvalue weighted by molar-refractivity contribution is -0.138. The van der Waals surface area contributed by atoms with E-state index in [1.807, 2.05) is 0 Å². The molecule has 0 atom stereocenters. The second-order valence-electron chi connectivity index (χ2n) is 4.31. The van der Waals surface area contributed by atoms with Gasteiger partial charge in [-0.2, -0.15) is 26.3 Å². The number of rotatable bonds is 0. The molecule has 0 unspecified atom stereocenters. The van der Waals surface area contributed by atoms with Crippen LogP contribution in [0.2, 0.25) is 0 Å². The number of alkyl halides is 6. The summed E-state index contributed by atoms with van der Waals surface area (Å²) in [6.45, 7) is 0. The molecule has 0 saturated heterocycles. The van der Waals surface area contributed by atoms with E-state index in [0.29, 0.717) is 12.1 Å². The van der Waals surface area contributed by atoms with Crippen LogP contribution in [0.25, 0.3) is 0 Å². The zero-order valence-corrected chi connectivity index (χ0v) is 14.4. The lowest BCUT2D eigenvalue weighted by Crippen LogP contribution is -2.05. The maximum atomic E-state index is 12.4. The molecule has 24 heavy (non-hydrogen) atoms. The SMILES string of the molecule is Fc1cc(Br)cc(C(F)(F)F)c1.Fc1cc(Br)cc(C(F)(F)F)c1. The predicted octanol–water partition coefficient (Wildman–Crippen LogP) is 7.21. The van der Waals surface area contributed by atoms with Crippen molar-refractivity contribution in [2.75, 3.05) is 0 Å². The highest BCUT2D eigenvalue weighted by molar-refractivity contribution is 9.10. The van der Waals surface area contributed by atoms with Crippen molar-refractivity contribution in [3.63, 3.8) is 0 Å². The Morgan fingerprint density at radius 3 is 1.04 bits per heavy atom. The molecule has 0 heterocycles. The third-order valence-corrected chi connectivity index (χ3v) is 3.30. The van der Waals surface area contributed by atoms with E-state index in [2.05, 4.69) is 31.9 Å². The summed E-state index contributed by atoms with van der Waals surface area (Å²) in [5, 5.41) is 0. The Morgan fingerprint density at radius 1 is 0.542 bits per heavy atom. The quantitative estimate of drug-likeness (QED) is 0.346. The maximum absolute atomic E-state index is 12.4. The van der Waals surface area contributed by atoms with Gasteiger partial charge in [-0.3, -0.25) is 0 Å². The molecule has 0 fully saturated rings. The molecule has 0 bridgehead atoms. The molecule has 0 aromatic heterocycles. The van der Waals surface area contributed by atoms with Crippen LogP contribution < -0.4 is 0 Å². The van der Waals surface area contributed by atoms with Crippen LogP contribution in [-0.2, 0) is 12.4 Å². The van der Waals surface area contributed by atoms with Gasteiger partial charge in [0.05, 0.1) is 11.1 Å². The van der Waals surface area contributed by atoms with Crippen molar-refractivity contribution >= 4 is 31.9 Å². The monoisotopic (exact) mass is 484 g/mol. The van der Waals surface area contributed by atoms with E-state index < -0.39 is 35.1 Å². The van der Waals surface area contributed by atoms with Gasteiger partial charge in [-0.25, -0.2) is 8.78 Å². The van der Waals surface area contributed by atoms with Gasteiger partial charge in [0.25, 0.3) is 0 Å². The number of halogens is 10. The second kappa shape index (κ2) is 7.81. The first-order valence-electron chi connectivity index (χ1n) is 5.85. The molecule has 0 aliphatic rings. The van der Waals surface area contributed by atoms with Gasteiger partial charge in [-0.1, -0.05) is 31.9 Å². The minimum Gasteiger partial charge on any atom is -0.207 e. The van der Waals surface area contributed by atoms with Crippen LogP contribution in [0.15, 0.2) is 45.3 Å². The summed E-state index contributed by atoms with van der Waals surface area (Å²) in [5.74, 6) is -1.81. The van der Waals surface area contributed by atoms with E-state index >= 15 is 0 Å². The smallest absolute Gasteiger partial charge is 0.207 e. The third-order valence-electron chi connectivity index (χ3n) is 2.38. The molecule has 0 amide bonds. The highest BCUT2D eigenvalue weighted by atomic mass is 79.9. The highest BCUT2D eigenvalue weighted by Gasteiger charge is 2.31. The zero-order chi connectivity index (χ0) is 18.7. The molecule has 0 aliphatic carbocycles. The molecule has 0 spiro atoms. The molecule has 0 N–H and O–H groups in total. The Hall–Kier alpha value is -1.16. The van der Waals surface area contributed by atoms with Crippen molar-refractivity contribution in [2.24, 2.45) is 0 Å². The molecule has 132 valence electrons. The maximum Gasteiger partial charge on any atom is 0.416 e. The van der Waals surface area contributed by atoms with Gasteiger partial charge in [0.2, 0.25) is 0 Å². The molecule has 0 saturated carbocycles. The summed E-state index contributed by atoms with van der Waals surface area (Å²) in [5.41, 5.74) is -1.98. The molecular weight excluding hydrogens is 480 g/mol. The predicted molar refractivity (Wildman–Crippen MR) is 78.2 cm³/mol. The summed E-state index contributed by atoms with van der Waals surface area (Å²) >= 11 is 5.53. The first-order valence-corrected chi connectivity index (χ1v) is 7.44. The van der Waals surface area contributed by atoms with Crippen LogP contribution in [-0.4, -0.2) is 0 Å². The van der Waals surface area contributed by atoms with E-state index in [0.717, 1.165) is 24.3 Å². The molecule has 0 aliphatic heterocycles. The average molecular weight is 486 g/mol. The number of benzene rings is 2. The van der Waals surface area contributed by atoms with Crippen LogP contribution in [0.4, 0.5) is 35.1 Å². The van der Waals surface area contributed by atoms with Gasteiger partial charge in [0.15, 0.2) is 0 Å². The number of hydrogen-bond acceptors (Lipinski definition) is 0. The van der Waals surface area contributed by atoms with Gasteiger partial charge in [0, 0.05) is 8.95 Å². The summed E-state index contributed by atoms with van der Waals surface area (Å²) in [6.07, 6.45) is -8.99. The second-order valence-corrected chi connectivity index (χ2v) is 6.14. The van der Waals surface area contributed by atoms with Crippen molar-refractivity contribution in [1.29, 1.82) is 0 Å². The fourth-order valence-electron chi connectivity index (χ4n) is 1.43. The summed E-state index contributed by atoms with van der Waals surface area (Å²) in [6, 6.07) is 4.48. The van der Waals surface area contributed by atoms with E-state index in [9.17, 15) is 35.1 Å². The van der Waals surface area contributed by atoms with E-state index in [1.165, 1.54) is 0 Å². The van der Waals surface area contributed by atoms with Crippen LogP contribution >= 0.6 is 31.9 Å². The lowest BCUT2D eigenvalue weighted by atomic mass is 10.2. The van der Waals surface area contributed by atoms with Crippen LogP contribution in [0.1, 0.15) is 11.1 Å². The first-order chi connectivity index (χ1) is 10.8. The summed E-state index contributed by atoms with van der Waals surface area (Å²) in [7, 11) is 0. The van der Waals surface area contributed by atoms with E-state index in [4.69, 9.17) is 0 Å². The van der Waals surface area contributed by atoms with Gasteiger partial charge in [-0.05, 0) is 36.4 Å². The Balaban J connectivity index is 0.000000240. The topological polar surface area (TPSA) is 0 Å². The van der Waals surface area contributed by atoms with Crippen molar-refractivity contribution in [3.8, 4) is 0 Å². The van der Waals surface area contributed by atoms with Crippen molar-refractivity contribution in [3.05, 3.63) is 68.1 Å². The van der Waals surface area contributed by atoms with Crippen molar-refractivity contribution in [2.45, 2.75) is 12.4 Å². The molecule has 0 nitrogen and oxygen atoms in total. The minimum absolute atomic E-state index is 0.0785.